The van der Waals surface area contributed by atoms with Crippen molar-refractivity contribution >= 4 is 17.7 Å². The molecule has 6 atom stereocenters. The van der Waals surface area contributed by atoms with Gasteiger partial charge < -0.3 is 29.3 Å². The molecule has 1 spiro atoms. The van der Waals surface area contributed by atoms with Crippen LogP contribution in [0, 0.1) is 17.8 Å². The van der Waals surface area contributed by atoms with E-state index in [1.54, 1.807) is 33.9 Å². The largest absolute Gasteiger partial charge is 0.396 e. The van der Waals surface area contributed by atoms with Crippen LogP contribution in [0.2, 0.25) is 0 Å². The molecule has 4 heterocycles. The van der Waals surface area contributed by atoms with E-state index >= 15 is 0 Å². The molecule has 38 heavy (non-hydrogen) atoms. The second-order valence-corrected chi connectivity index (χ2v) is 11.3. The fraction of sp³-hybridized carbons (Fsp3) is 0.750. The third kappa shape index (κ3) is 4.69. The molecule has 212 valence electrons. The minimum atomic E-state index is -1.09. The maximum atomic E-state index is 14.4. The van der Waals surface area contributed by atoms with Gasteiger partial charge in [0.2, 0.25) is 17.7 Å². The van der Waals surface area contributed by atoms with E-state index in [2.05, 4.69) is 18.1 Å². The normalized spacial score (nSPS) is 34.3. The zero-order valence-corrected chi connectivity index (χ0v) is 23.1. The number of ether oxygens (including phenoxy) is 2. The molecule has 4 aliphatic rings. The Balaban J connectivity index is 1.69. The van der Waals surface area contributed by atoms with E-state index in [4.69, 9.17) is 9.47 Å². The van der Waals surface area contributed by atoms with E-state index in [0.29, 0.717) is 52.2 Å². The van der Waals surface area contributed by atoms with Crippen LogP contribution in [0.4, 0.5) is 0 Å². The Kier molecular flexibility index (Phi) is 8.66. The number of morpholine rings is 1. The van der Waals surface area contributed by atoms with Crippen LogP contribution >= 0.6 is 0 Å². The van der Waals surface area contributed by atoms with Crippen molar-refractivity contribution in [1.29, 1.82) is 0 Å². The molecule has 4 rings (SSSR count). The van der Waals surface area contributed by atoms with Gasteiger partial charge in [-0.2, -0.15) is 0 Å². The molecule has 3 amide bonds. The molecule has 3 unspecified atom stereocenters. The number of rotatable bonds is 12. The monoisotopic (exact) mass is 532 g/mol. The molecule has 0 saturated carbocycles. The molecule has 4 aliphatic heterocycles. The minimum absolute atomic E-state index is 0.0214. The predicted octanol–water partition coefficient (Wildman–Crippen LogP) is 0.371. The lowest BCUT2D eigenvalue weighted by molar-refractivity contribution is -0.154. The molecule has 0 aliphatic carbocycles. The summed E-state index contributed by atoms with van der Waals surface area (Å²) in [5.41, 5.74) is -1.95. The Hall–Kier alpha value is -2.27. The number of nitrogens with zero attached hydrogens (tertiary/aromatic N) is 4. The standard InChI is InChI=1S/C28H44N4O6/c1-6-9-29(5)24(34)21-22-25(35)32(11-8-16-33)23(28(22)19-20(3)27(21,4)38-28)26(36)31(10-7-2)13-12-30-14-17-37-18-15-30/h6-7,20-23,33H,1-2,8-19H2,3-5H3/t20?,21-,22+,23?,27+,28?/m1/s1. The van der Waals surface area contributed by atoms with Crippen LogP contribution in [0.5, 0.6) is 0 Å². The molecule has 0 radical (unpaired) electrons. The number of likely N-dealkylation sites (tertiary alicyclic amines) is 1. The molecule has 10 heteroatoms. The van der Waals surface area contributed by atoms with Gasteiger partial charge in [0.05, 0.1) is 30.7 Å². The smallest absolute Gasteiger partial charge is 0.248 e. The summed E-state index contributed by atoms with van der Waals surface area (Å²) < 4.78 is 12.2. The number of carbonyl (C=O) groups excluding carboxylic acids is 3. The zero-order chi connectivity index (χ0) is 27.7. The highest BCUT2D eigenvalue weighted by Gasteiger charge is 2.80. The minimum Gasteiger partial charge on any atom is -0.396 e. The lowest BCUT2D eigenvalue weighted by Crippen LogP contribution is -2.57. The Morgan fingerprint density at radius 1 is 1.16 bits per heavy atom. The highest BCUT2D eigenvalue weighted by atomic mass is 16.5. The molecule has 0 aromatic carbocycles. The number of likely N-dealkylation sites (N-methyl/N-ethyl adjacent to an activating group) is 1. The molecular weight excluding hydrogens is 488 g/mol. The Bertz CT molecular complexity index is 938. The first-order valence-corrected chi connectivity index (χ1v) is 13.8. The lowest BCUT2D eigenvalue weighted by Gasteiger charge is -2.38. The van der Waals surface area contributed by atoms with Gasteiger partial charge in [-0.05, 0) is 25.7 Å². The van der Waals surface area contributed by atoms with E-state index in [-0.39, 0.29) is 36.8 Å². The first-order chi connectivity index (χ1) is 18.2. The molecule has 4 saturated heterocycles. The molecule has 10 nitrogen and oxygen atoms in total. The third-order valence-electron chi connectivity index (χ3n) is 9.10. The summed E-state index contributed by atoms with van der Waals surface area (Å²) in [6.45, 7) is 16.6. The Morgan fingerprint density at radius 3 is 2.47 bits per heavy atom. The van der Waals surface area contributed by atoms with Gasteiger partial charge in [-0.1, -0.05) is 19.1 Å². The number of amides is 3. The van der Waals surface area contributed by atoms with Crippen LogP contribution in [0.25, 0.3) is 0 Å². The molecule has 4 fully saturated rings. The van der Waals surface area contributed by atoms with Gasteiger partial charge in [0, 0.05) is 59.5 Å². The molecule has 1 N–H and O–H groups in total. The van der Waals surface area contributed by atoms with Crippen molar-refractivity contribution in [2.75, 3.05) is 72.7 Å². The fourth-order valence-electron chi connectivity index (χ4n) is 7.10. The average molecular weight is 533 g/mol. The number of fused-ring (bicyclic) bond motifs is 1. The number of hydrogen-bond acceptors (Lipinski definition) is 7. The van der Waals surface area contributed by atoms with Crippen LogP contribution in [0.3, 0.4) is 0 Å². The van der Waals surface area contributed by atoms with Crippen LogP contribution in [0.1, 0.15) is 26.7 Å². The maximum Gasteiger partial charge on any atom is 0.248 e. The highest BCUT2D eigenvalue weighted by Crippen LogP contribution is 2.65. The van der Waals surface area contributed by atoms with Crippen molar-refractivity contribution in [2.45, 2.75) is 43.9 Å². The van der Waals surface area contributed by atoms with Gasteiger partial charge >= 0.3 is 0 Å². The second kappa shape index (κ2) is 11.5. The van der Waals surface area contributed by atoms with Crippen LogP contribution in [-0.4, -0.2) is 132 Å². The number of aliphatic hydroxyl groups is 1. The summed E-state index contributed by atoms with van der Waals surface area (Å²) in [6.07, 6.45) is 4.22. The van der Waals surface area contributed by atoms with Gasteiger partial charge in [0.1, 0.15) is 11.6 Å². The Labute approximate surface area is 226 Å². The maximum absolute atomic E-state index is 14.4. The molecule has 0 aromatic rings. The van der Waals surface area contributed by atoms with Crippen LogP contribution < -0.4 is 0 Å². The Morgan fingerprint density at radius 2 is 1.84 bits per heavy atom. The summed E-state index contributed by atoms with van der Waals surface area (Å²) in [7, 11) is 1.71. The molecule has 2 bridgehead atoms. The van der Waals surface area contributed by atoms with E-state index in [9.17, 15) is 19.5 Å². The van der Waals surface area contributed by atoms with Crippen LogP contribution in [0.15, 0.2) is 25.3 Å². The highest BCUT2D eigenvalue weighted by molar-refractivity contribution is 5.99. The van der Waals surface area contributed by atoms with Crippen molar-refractivity contribution in [3.05, 3.63) is 25.3 Å². The quantitative estimate of drug-likeness (QED) is 0.363. The second-order valence-electron chi connectivity index (χ2n) is 11.3. The summed E-state index contributed by atoms with van der Waals surface area (Å²) >= 11 is 0. The molecular formula is C28H44N4O6. The third-order valence-corrected chi connectivity index (χ3v) is 9.10. The summed E-state index contributed by atoms with van der Waals surface area (Å²) in [4.78, 5) is 49.4. The van der Waals surface area contributed by atoms with Gasteiger partial charge in [-0.25, -0.2) is 0 Å². The van der Waals surface area contributed by atoms with Crippen molar-refractivity contribution in [3.8, 4) is 0 Å². The van der Waals surface area contributed by atoms with Crippen LogP contribution in [-0.2, 0) is 23.9 Å². The van der Waals surface area contributed by atoms with Gasteiger partial charge in [-0.15, -0.1) is 13.2 Å². The van der Waals surface area contributed by atoms with E-state index in [1.807, 2.05) is 13.8 Å². The van der Waals surface area contributed by atoms with E-state index < -0.39 is 29.1 Å². The van der Waals surface area contributed by atoms with Crippen molar-refractivity contribution < 1.29 is 29.0 Å². The van der Waals surface area contributed by atoms with Crippen molar-refractivity contribution in [2.24, 2.45) is 17.8 Å². The zero-order valence-electron chi connectivity index (χ0n) is 23.1. The summed E-state index contributed by atoms with van der Waals surface area (Å²) in [5, 5.41) is 9.58. The van der Waals surface area contributed by atoms with E-state index in [1.165, 1.54) is 0 Å². The first kappa shape index (κ1) is 28.7. The number of aliphatic hydroxyl groups excluding tert-OH is 1. The lowest BCUT2D eigenvalue weighted by atomic mass is 9.62. The predicted molar refractivity (Wildman–Crippen MR) is 142 cm³/mol. The van der Waals surface area contributed by atoms with Gasteiger partial charge in [0.25, 0.3) is 0 Å². The topological polar surface area (TPSA) is 103 Å². The molecule has 0 aromatic heterocycles. The first-order valence-electron chi connectivity index (χ1n) is 13.8. The number of carbonyl (C=O) groups is 3. The summed E-state index contributed by atoms with van der Waals surface area (Å²) in [5.74, 6) is -2.04. The summed E-state index contributed by atoms with van der Waals surface area (Å²) in [6, 6.07) is -0.858. The van der Waals surface area contributed by atoms with Crippen molar-refractivity contribution in [3.63, 3.8) is 0 Å². The van der Waals surface area contributed by atoms with Gasteiger partial charge in [0.15, 0.2) is 0 Å². The van der Waals surface area contributed by atoms with E-state index in [0.717, 1.165) is 13.1 Å². The average Bonchev–Trinajstić information content (AvgIpc) is 3.41. The fourth-order valence-corrected chi connectivity index (χ4v) is 7.10. The number of hydrogen-bond donors (Lipinski definition) is 1. The van der Waals surface area contributed by atoms with Crippen molar-refractivity contribution in [1.82, 2.24) is 19.6 Å². The van der Waals surface area contributed by atoms with Gasteiger partial charge in [-0.3, -0.25) is 19.3 Å². The SMILES string of the molecule is C=CCN(C)C(=O)[C@H]1[C@H]2C(=O)N(CCCO)C(C(=O)N(CC=C)CCN3CCOCC3)C23CC(C)[C@]1(C)O3.